The van der Waals surface area contributed by atoms with Gasteiger partial charge in [-0.25, -0.2) is 8.42 Å². The first-order valence-electron chi connectivity index (χ1n) is 7.95. The zero-order valence-corrected chi connectivity index (χ0v) is 14.5. The third-order valence-corrected chi connectivity index (χ3v) is 6.42. The lowest BCUT2D eigenvalue weighted by molar-refractivity contribution is 0.295. The second-order valence-corrected chi connectivity index (χ2v) is 8.21. The van der Waals surface area contributed by atoms with E-state index in [9.17, 15) is 8.42 Å². The molecule has 0 N–H and O–H groups in total. The van der Waals surface area contributed by atoms with Crippen molar-refractivity contribution in [1.29, 1.82) is 0 Å². The molecular weight excluding hydrogens is 312 g/mol. The summed E-state index contributed by atoms with van der Waals surface area (Å²) < 4.78 is 33.1. The lowest BCUT2D eigenvalue weighted by Gasteiger charge is -2.23. The molecule has 6 heteroatoms. The van der Waals surface area contributed by atoms with E-state index in [1.165, 1.54) is 0 Å². The van der Waals surface area contributed by atoms with Crippen LogP contribution in [0.4, 0.5) is 0 Å². The summed E-state index contributed by atoms with van der Waals surface area (Å²) in [4.78, 5) is 0.371. The van der Waals surface area contributed by atoms with Gasteiger partial charge in [-0.2, -0.15) is 4.31 Å². The summed E-state index contributed by atoms with van der Waals surface area (Å²) >= 11 is 0. The van der Waals surface area contributed by atoms with E-state index in [4.69, 9.17) is 4.52 Å². The largest absolute Gasteiger partial charge is 0.359 e. The van der Waals surface area contributed by atoms with Gasteiger partial charge in [0.1, 0.15) is 0 Å². The van der Waals surface area contributed by atoms with E-state index in [-0.39, 0.29) is 12.0 Å². The van der Waals surface area contributed by atoms with Crippen LogP contribution >= 0.6 is 0 Å². The average molecular weight is 334 g/mol. The highest BCUT2D eigenvalue weighted by molar-refractivity contribution is 7.89. The van der Waals surface area contributed by atoms with Crippen LogP contribution in [0.5, 0.6) is 0 Å². The van der Waals surface area contributed by atoms with E-state index >= 15 is 0 Å². The highest BCUT2D eigenvalue weighted by atomic mass is 32.2. The Morgan fingerprint density at radius 2 is 2.04 bits per heavy atom. The highest BCUT2D eigenvalue weighted by Crippen LogP contribution is 2.37. The van der Waals surface area contributed by atoms with E-state index in [0.29, 0.717) is 17.2 Å². The lowest BCUT2D eigenvalue weighted by Crippen LogP contribution is -2.31. The SMILES string of the molecule is Cc1ccccc1S(=O)(=O)N1CCC[C@H]1c1cc(C(C)C)no1. The molecule has 1 fully saturated rings. The summed E-state index contributed by atoms with van der Waals surface area (Å²) in [5, 5.41) is 4.07. The Morgan fingerprint density at radius 3 is 2.70 bits per heavy atom. The zero-order valence-electron chi connectivity index (χ0n) is 13.7. The second-order valence-electron chi connectivity index (χ2n) is 6.35. The van der Waals surface area contributed by atoms with E-state index < -0.39 is 10.0 Å². The Labute approximate surface area is 137 Å². The van der Waals surface area contributed by atoms with Crippen LogP contribution in [0.2, 0.25) is 0 Å². The van der Waals surface area contributed by atoms with Crippen LogP contribution in [0.15, 0.2) is 39.8 Å². The van der Waals surface area contributed by atoms with E-state index in [2.05, 4.69) is 5.16 Å². The molecule has 23 heavy (non-hydrogen) atoms. The quantitative estimate of drug-likeness (QED) is 0.856. The maximum atomic E-state index is 13.0. The summed E-state index contributed by atoms with van der Waals surface area (Å²) in [5.41, 5.74) is 1.62. The van der Waals surface area contributed by atoms with Gasteiger partial charge in [-0.1, -0.05) is 37.2 Å². The number of benzene rings is 1. The minimum absolute atomic E-state index is 0.260. The van der Waals surface area contributed by atoms with Crippen molar-refractivity contribution in [3.63, 3.8) is 0 Å². The van der Waals surface area contributed by atoms with Gasteiger partial charge in [0.05, 0.1) is 16.6 Å². The van der Waals surface area contributed by atoms with Crippen molar-refractivity contribution >= 4 is 10.0 Å². The minimum atomic E-state index is -3.53. The van der Waals surface area contributed by atoms with Crippen molar-refractivity contribution in [2.45, 2.75) is 50.5 Å². The molecule has 0 aliphatic carbocycles. The molecule has 2 aromatic rings. The molecule has 2 heterocycles. The predicted molar refractivity (Wildman–Crippen MR) is 87.6 cm³/mol. The Kier molecular flexibility index (Phi) is 4.29. The first kappa shape index (κ1) is 16.2. The minimum Gasteiger partial charge on any atom is -0.359 e. The zero-order chi connectivity index (χ0) is 16.6. The second kappa shape index (κ2) is 6.09. The Bertz CT molecular complexity index is 796. The summed E-state index contributed by atoms with van der Waals surface area (Å²) in [6, 6.07) is 8.72. The Balaban J connectivity index is 1.96. The molecular formula is C17H22N2O3S. The number of rotatable bonds is 4. The fraction of sp³-hybridized carbons (Fsp3) is 0.471. The lowest BCUT2D eigenvalue weighted by atomic mass is 10.1. The van der Waals surface area contributed by atoms with Crippen LogP contribution in [-0.2, 0) is 10.0 Å². The first-order chi connectivity index (χ1) is 10.9. The molecule has 1 saturated heterocycles. The Morgan fingerprint density at radius 1 is 1.30 bits per heavy atom. The van der Waals surface area contributed by atoms with Crippen LogP contribution in [0.3, 0.4) is 0 Å². The van der Waals surface area contributed by atoms with Crippen LogP contribution < -0.4 is 0 Å². The third kappa shape index (κ3) is 2.93. The molecule has 0 unspecified atom stereocenters. The fourth-order valence-electron chi connectivity index (χ4n) is 3.02. The van der Waals surface area contributed by atoms with Crippen LogP contribution in [-0.4, -0.2) is 24.4 Å². The van der Waals surface area contributed by atoms with Crippen LogP contribution in [0, 0.1) is 6.92 Å². The van der Waals surface area contributed by atoms with Gasteiger partial charge in [0.25, 0.3) is 0 Å². The number of hydrogen-bond donors (Lipinski definition) is 0. The predicted octanol–water partition coefficient (Wildman–Crippen LogP) is 3.63. The highest BCUT2D eigenvalue weighted by Gasteiger charge is 2.38. The summed E-state index contributed by atoms with van der Waals surface area (Å²) in [6.07, 6.45) is 1.59. The molecule has 0 spiro atoms. The van der Waals surface area contributed by atoms with Gasteiger partial charge in [-0.05, 0) is 37.3 Å². The topological polar surface area (TPSA) is 63.4 Å². The summed E-state index contributed by atoms with van der Waals surface area (Å²) in [5.74, 6) is 0.902. The van der Waals surface area contributed by atoms with Crippen molar-refractivity contribution in [2.24, 2.45) is 0 Å². The Hall–Kier alpha value is -1.66. The summed E-state index contributed by atoms with van der Waals surface area (Å²) in [7, 11) is -3.53. The van der Waals surface area contributed by atoms with E-state index in [1.54, 1.807) is 16.4 Å². The van der Waals surface area contributed by atoms with Gasteiger partial charge >= 0.3 is 0 Å². The molecule has 1 aromatic carbocycles. The number of sulfonamides is 1. The van der Waals surface area contributed by atoms with Crippen LogP contribution in [0.1, 0.15) is 55.7 Å². The molecule has 5 nitrogen and oxygen atoms in total. The first-order valence-corrected chi connectivity index (χ1v) is 9.39. The maximum Gasteiger partial charge on any atom is 0.244 e. The van der Waals surface area contributed by atoms with E-state index in [0.717, 1.165) is 24.1 Å². The molecule has 0 amide bonds. The number of aromatic nitrogens is 1. The monoisotopic (exact) mass is 334 g/mol. The number of hydrogen-bond acceptors (Lipinski definition) is 4. The molecule has 124 valence electrons. The van der Waals surface area contributed by atoms with Gasteiger partial charge < -0.3 is 4.52 Å². The molecule has 1 aliphatic rings. The van der Waals surface area contributed by atoms with E-state index in [1.807, 2.05) is 39.0 Å². The standard InChI is InChI=1S/C17H22N2O3S/c1-12(2)14-11-16(22-18-14)15-8-6-10-19(15)23(20,21)17-9-5-4-7-13(17)3/h4-5,7,9,11-12,15H,6,8,10H2,1-3H3/t15-/m0/s1. The smallest absolute Gasteiger partial charge is 0.244 e. The maximum absolute atomic E-state index is 13.0. The van der Waals surface area contributed by atoms with Crippen molar-refractivity contribution < 1.29 is 12.9 Å². The van der Waals surface area contributed by atoms with Crippen LogP contribution in [0.25, 0.3) is 0 Å². The molecule has 0 radical (unpaired) electrons. The van der Waals surface area contributed by atoms with Gasteiger partial charge in [0.15, 0.2) is 5.76 Å². The molecule has 1 aromatic heterocycles. The molecule has 0 saturated carbocycles. The van der Waals surface area contributed by atoms with Gasteiger partial charge in [0, 0.05) is 12.6 Å². The molecule has 3 rings (SSSR count). The van der Waals surface area contributed by atoms with Gasteiger partial charge in [0.2, 0.25) is 10.0 Å². The van der Waals surface area contributed by atoms with Crippen molar-refractivity contribution in [3.8, 4) is 0 Å². The molecule has 0 bridgehead atoms. The van der Waals surface area contributed by atoms with Gasteiger partial charge in [-0.15, -0.1) is 0 Å². The van der Waals surface area contributed by atoms with Crippen molar-refractivity contribution in [1.82, 2.24) is 9.46 Å². The van der Waals surface area contributed by atoms with Crippen molar-refractivity contribution in [3.05, 3.63) is 47.3 Å². The third-order valence-electron chi connectivity index (χ3n) is 4.35. The fourth-order valence-corrected chi connectivity index (χ4v) is 4.91. The molecule has 1 aliphatic heterocycles. The normalized spacial score (nSPS) is 19.6. The van der Waals surface area contributed by atoms with Crippen molar-refractivity contribution in [2.75, 3.05) is 6.54 Å². The molecule has 1 atom stereocenters. The summed E-state index contributed by atoms with van der Waals surface area (Å²) in [6.45, 7) is 6.42. The number of aryl methyl sites for hydroxylation is 1. The average Bonchev–Trinajstić information content (AvgIpc) is 3.16. The van der Waals surface area contributed by atoms with Gasteiger partial charge in [-0.3, -0.25) is 0 Å². The number of nitrogens with zero attached hydrogens (tertiary/aromatic N) is 2.